The summed E-state index contributed by atoms with van der Waals surface area (Å²) < 4.78 is 4.61. The summed E-state index contributed by atoms with van der Waals surface area (Å²) in [5, 5.41) is 21.8. The molecule has 0 aromatic heterocycles. The predicted octanol–water partition coefficient (Wildman–Crippen LogP) is 2.16. The van der Waals surface area contributed by atoms with E-state index in [4.69, 9.17) is 11.6 Å². The molecule has 0 unspecified atom stereocenters. The van der Waals surface area contributed by atoms with Crippen LogP contribution in [0.15, 0.2) is 63.7 Å². The van der Waals surface area contributed by atoms with Crippen LogP contribution in [0.1, 0.15) is 18.9 Å². The molecule has 1 aliphatic heterocycles. The van der Waals surface area contributed by atoms with Crippen LogP contribution in [0.2, 0.25) is 5.02 Å². The molecule has 0 fully saturated rings. The van der Waals surface area contributed by atoms with Gasteiger partial charge in [-0.2, -0.15) is 5.10 Å². The number of methoxy groups -OCH3 is 1. The summed E-state index contributed by atoms with van der Waals surface area (Å²) in [7, 11) is 1.31. The van der Waals surface area contributed by atoms with Crippen molar-refractivity contribution in [3.8, 4) is 0 Å². The number of carbonyl (C=O) groups is 1. The van der Waals surface area contributed by atoms with E-state index in [0.717, 1.165) is 10.6 Å². The smallest absolute Gasteiger partial charge is 0.311 e. The monoisotopic (exact) mass is 398 g/mol. The second kappa shape index (κ2) is 8.77. The Labute approximate surface area is 166 Å². The van der Waals surface area contributed by atoms with Crippen LogP contribution in [0.3, 0.4) is 0 Å². The van der Waals surface area contributed by atoms with Gasteiger partial charge in [0.05, 0.1) is 24.6 Å². The van der Waals surface area contributed by atoms with Gasteiger partial charge in [-0.05, 0) is 25.1 Å². The standard InChI is InChI=1S/C20H19ClN4O3/c1-13(10-19(26)28-2)23-24-18-12-25(27)20(14-6-4-3-5-7-14)16-11-15(21)8-9-17(16)22-18/h3-9,11,27H,10,12H2,1-2H3/b23-13-,24-18-. The first-order valence-corrected chi connectivity index (χ1v) is 8.93. The lowest BCUT2D eigenvalue weighted by molar-refractivity contribution is -0.139. The van der Waals surface area contributed by atoms with Gasteiger partial charge in [0.1, 0.15) is 6.54 Å². The summed E-state index contributed by atoms with van der Waals surface area (Å²) >= 11 is 6.18. The highest BCUT2D eigenvalue weighted by atomic mass is 35.5. The van der Waals surface area contributed by atoms with Crippen molar-refractivity contribution in [2.45, 2.75) is 13.3 Å². The van der Waals surface area contributed by atoms with Crippen molar-refractivity contribution in [2.24, 2.45) is 15.2 Å². The Hall–Kier alpha value is -3.03. The third-order valence-corrected chi connectivity index (χ3v) is 4.26. The Morgan fingerprint density at radius 3 is 2.75 bits per heavy atom. The molecule has 1 N–H and O–H groups in total. The number of ether oxygens (including phenoxy) is 1. The molecule has 0 bridgehead atoms. The maximum Gasteiger partial charge on any atom is 0.311 e. The molecule has 1 heterocycles. The molecule has 0 saturated carbocycles. The molecule has 8 heteroatoms. The van der Waals surface area contributed by atoms with Gasteiger partial charge in [0, 0.05) is 21.5 Å². The van der Waals surface area contributed by atoms with E-state index in [-0.39, 0.29) is 13.0 Å². The van der Waals surface area contributed by atoms with Crippen molar-refractivity contribution in [2.75, 3.05) is 13.7 Å². The van der Waals surface area contributed by atoms with E-state index >= 15 is 0 Å². The number of rotatable bonds is 4. The van der Waals surface area contributed by atoms with E-state index in [1.54, 1.807) is 25.1 Å². The van der Waals surface area contributed by atoms with Gasteiger partial charge in [-0.1, -0.05) is 41.9 Å². The molecule has 2 aromatic rings. The quantitative estimate of drug-likeness (QED) is 0.485. The molecule has 0 saturated heterocycles. The van der Waals surface area contributed by atoms with Gasteiger partial charge in [-0.25, -0.2) is 10.1 Å². The first kappa shape index (κ1) is 19.7. The number of hydrogen-bond acceptors (Lipinski definition) is 6. The molecule has 0 atom stereocenters. The fourth-order valence-electron chi connectivity index (χ4n) is 2.74. The lowest BCUT2D eigenvalue weighted by atomic mass is 10.1. The van der Waals surface area contributed by atoms with Crippen LogP contribution in [0.4, 0.5) is 0 Å². The summed E-state index contributed by atoms with van der Waals surface area (Å²) in [6.45, 7) is 1.69. The average molecular weight is 399 g/mol. The minimum Gasteiger partial charge on any atom is -0.469 e. The molecular weight excluding hydrogens is 380 g/mol. The summed E-state index contributed by atoms with van der Waals surface area (Å²) in [5.41, 5.74) is 1.87. The van der Waals surface area contributed by atoms with Crippen LogP contribution in [0, 0.1) is 0 Å². The maximum atomic E-state index is 11.3. The number of amidine groups is 1. The van der Waals surface area contributed by atoms with Crippen LogP contribution in [-0.2, 0) is 9.53 Å². The Morgan fingerprint density at radius 1 is 1.29 bits per heavy atom. The number of esters is 1. The number of carbonyl (C=O) groups excluding carboxylic acids is 1. The molecule has 0 amide bonds. The van der Waals surface area contributed by atoms with E-state index in [2.05, 4.69) is 19.9 Å². The molecule has 28 heavy (non-hydrogen) atoms. The van der Waals surface area contributed by atoms with Crippen LogP contribution in [0.25, 0.3) is 5.70 Å². The second-order valence-corrected chi connectivity index (χ2v) is 6.59. The van der Waals surface area contributed by atoms with Gasteiger partial charge in [0.15, 0.2) is 5.84 Å². The number of halogens is 1. The van der Waals surface area contributed by atoms with E-state index in [1.165, 1.54) is 7.11 Å². The number of fused-ring (bicyclic) bond motifs is 1. The van der Waals surface area contributed by atoms with Crippen molar-refractivity contribution in [3.63, 3.8) is 0 Å². The normalized spacial score (nSPS) is 15.7. The van der Waals surface area contributed by atoms with Gasteiger partial charge in [-0.3, -0.25) is 10.0 Å². The van der Waals surface area contributed by atoms with Gasteiger partial charge in [0.2, 0.25) is 0 Å². The third kappa shape index (κ3) is 4.62. The second-order valence-electron chi connectivity index (χ2n) is 6.15. The van der Waals surface area contributed by atoms with E-state index in [0.29, 0.717) is 32.8 Å². The van der Waals surface area contributed by atoms with Crippen LogP contribution in [-0.4, -0.2) is 41.4 Å². The molecule has 3 rings (SSSR count). The topological polar surface area (TPSA) is 86.8 Å². The van der Waals surface area contributed by atoms with E-state index in [9.17, 15) is 10.0 Å². The number of benzene rings is 2. The first-order chi connectivity index (χ1) is 13.5. The summed E-state index contributed by atoms with van der Waals surface area (Å²) in [4.78, 5) is 15.9. The lowest BCUT2D eigenvalue weighted by Gasteiger charge is -2.18. The molecule has 0 aliphatic carbocycles. The van der Waals surface area contributed by atoms with Crippen molar-refractivity contribution in [3.05, 3.63) is 69.7 Å². The molecular formula is C20H19ClN4O3. The van der Waals surface area contributed by atoms with Crippen molar-refractivity contribution in [1.82, 2.24) is 5.06 Å². The van der Waals surface area contributed by atoms with Crippen molar-refractivity contribution in [1.29, 1.82) is 0 Å². The highest BCUT2D eigenvalue weighted by Gasteiger charge is 2.17. The zero-order valence-corrected chi connectivity index (χ0v) is 16.2. The SMILES string of the molecule is COC(=O)C/C(C)=N\N=C1\CN(O)C(c2ccccc2)=c2cc(Cl)ccc2=N1. The minimum absolute atomic E-state index is 0.0194. The maximum absolute atomic E-state index is 11.3. The Bertz CT molecular complexity index is 1060. The molecule has 0 spiro atoms. The minimum atomic E-state index is -0.400. The zero-order valence-electron chi connectivity index (χ0n) is 15.5. The Kier molecular flexibility index (Phi) is 6.18. The largest absolute Gasteiger partial charge is 0.469 e. The first-order valence-electron chi connectivity index (χ1n) is 8.55. The molecule has 1 aliphatic rings. The van der Waals surface area contributed by atoms with E-state index in [1.807, 2.05) is 30.3 Å². The third-order valence-electron chi connectivity index (χ3n) is 4.02. The number of hydrogen-bond donors (Lipinski definition) is 1. The fourth-order valence-corrected chi connectivity index (χ4v) is 2.91. The van der Waals surface area contributed by atoms with Gasteiger partial charge >= 0.3 is 5.97 Å². The van der Waals surface area contributed by atoms with Crippen LogP contribution < -0.4 is 10.6 Å². The van der Waals surface area contributed by atoms with Crippen LogP contribution in [0.5, 0.6) is 0 Å². The lowest BCUT2D eigenvalue weighted by Crippen LogP contribution is -2.31. The molecule has 7 nitrogen and oxygen atoms in total. The van der Waals surface area contributed by atoms with Crippen molar-refractivity contribution >= 4 is 34.8 Å². The summed E-state index contributed by atoms with van der Waals surface area (Å²) in [5.74, 6) is -0.107. The zero-order chi connectivity index (χ0) is 20.1. The molecule has 2 aromatic carbocycles. The highest BCUT2D eigenvalue weighted by molar-refractivity contribution is 6.30. The Morgan fingerprint density at radius 2 is 2.04 bits per heavy atom. The summed E-state index contributed by atoms with van der Waals surface area (Å²) in [6, 6.07) is 14.7. The van der Waals surface area contributed by atoms with E-state index < -0.39 is 5.97 Å². The summed E-state index contributed by atoms with van der Waals surface area (Å²) in [6.07, 6.45) is 0.0315. The fraction of sp³-hybridized carbons (Fsp3) is 0.200. The highest BCUT2D eigenvalue weighted by Crippen LogP contribution is 2.16. The van der Waals surface area contributed by atoms with Crippen molar-refractivity contribution < 1.29 is 14.7 Å². The van der Waals surface area contributed by atoms with Crippen LogP contribution >= 0.6 is 11.6 Å². The van der Waals surface area contributed by atoms with Gasteiger partial charge in [0.25, 0.3) is 0 Å². The molecule has 0 radical (unpaired) electrons. The number of nitrogens with zero attached hydrogens (tertiary/aromatic N) is 4. The predicted molar refractivity (Wildman–Crippen MR) is 107 cm³/mol. The van der Waals surface area contributed by atoms with Gasteiger partial charge < -0.3 is 4.74 Å². The Balaban J connectivity index is 2.11. The average Bonchev–Trinajstić information content (AvgIpc) is 2.82. The molecule has 144 valence electrons. The number of hydroxylamine groups is 2. The van der Waals surface area contributed by atoms with Gasteiger partial charge in [-0.15, -0.1) is 5.10 Å².